The van der Waals surface area contributed by atoms with E-state index in [1.54, 1.807) is 12.1 Å². The number of H-pyrrole nitrogens is 1. The van der Waals surface area contributed by atoms with Crippen LogP contribution in [0.3, 0.4) is 0 Å². The zero-order chi connectivity index (χ0) is 17.9. The molecule has 0 atom stereocenters. The van der Waals surface area contributed by atoms with Gasteiger partial charge in [-0.25, -0.2) is 4.98 Å². The van der Waals surface area contributed by atoms with E-state index in [4.69, 9.17) is 4.98 Å². The highest BCUT2D eigenvalue weighted by Crippen LogP contribution is 2.27. The summed E-state index contributed by atoms with van der Waals surface area (Å²) in [6, 6.07) is 15.1. The molecule has 0 spiro atoms. The van der Waals surface area contributed by atoms with Crippen LogP contribution >= 0.6 is 0 Å². The number of likely N-dealkylation sites (tertiary alicyclic amines) is 1. The van der Waals surface area contributed by atoms with Crippen molar-refractivity contribution < 1.29 is 4.92 Å². The fourth-order valence-corrected chi connectivity index (χ4v) is 3.67. The van der Waals surface area contributed by atoms with E-state index in [1.165, 1.54) is 0 Å². The number of piperidine rings is 1. The average molecular weight is 350 g/mol. The van der Waals surface area contributed by atoms with Crippen molar-refractivity contribution in [1.82, 2.24) is 14.9 Å². The van der Waals surface area contributed by atoms with Crippen molar-refractivity contribution in [1.29, 1.82) is 0 Å². The number of benzene rings is 2. The first-order valence-corrected chi connectivity index (χ1v) is 9.09. The molecule has 1 aliphatic rings. The number of aromatic amines is 1. The lowest BCUT2D eigenvalue weighted by Crippen LogP contribution is -2.34. The van der Waals surface area contributed by atoms with E-state index in [1.807, 2.05) is 24.3 Å². The van der Waals surface area contributed by atoms with E-state index in [9.17, 15) is 10.1 Å². The topological polar surface area (TPSA) is 75.1 Å². The Labute approximate surface area is 152 Å². The average Bonchev–Trinajstić information content (AvgIpc) is 3.11. The summed E-state index contributed by atoms with van der Waals surface area (Å²) in [7, 11) is 0. The van der Waals surface area contributed by atoms with Gasteiger partial charge in [0.05, 0.1) is 16.0 Å². The number of imidazole rings is 1. The number of nitrogens with one attached hydrogen (secondary N) is 1. The number of hydrogen-bond acceptors (Lipinski definition) is 4. The highest BCUT2D eigenvalue weighted by Gasteiger charge is 2.22. The maximum atomic E-state index is 10.7. The van der Waals surface area contributed by atoms with Crippen LogP contribution in [0.1, 0.15) is 30.1 Å². The van der Waals surface area contributed by atoms with Gasteiger partial charge in [0.1, 0.15) is 5.82 Å². The van der Waals surface area contributed by atoms with E-state index in [-0.39, 0.29) is 10.6 Å². The molecule has 0 radical (unpaired) electrons. The molecule has 0 amide bonds. The molecule has 6 nitrogen and oxygen atoms in total. The van der Waals surface area contributed by atoms with Crippen LogP contribution in [0.15, 0.2) is 48.5 Å². The zero-order valence-electron chi connectivity index (χ0n) is 14.6. The number of nitro groups is 1. The maximum Gasteiger partial charge on any atom is 0.269 e. The molecule has 1 saturated heterocycles. The van der Waals surface area contributed by atoms with E-state index in [2.05, 4.69) is 22.0 Å². The van der Waals surface area contributed by atoms with Crippen molar-refractivity contribution >= 4 is 16.7 Å². The van der Waals surface area contributed by atoms with E-state index in [0.717, 1.165) is 61.3 Å². The van der Waals surface area contributed by atoms with Gasteiger partial charge in [0.2, 0.25) is 0 Å². The number of hydrogen-bond donors (Lipinski definition) is 1. The van der Waals surface area contributed by atoms with Crippen molar-refractivity contribution in [2.75, 3.05) is 19.6 Å². The summed E-state index contributed by atoms with van der Waals surface area (Å²) in [5.41, 5.74) is 3.46. The Bertz CT molecular complexity index is 863. The third-order valence-electron chi connectivity index (χ3n) is 5.25. The van der Waals surface area contributed by atoms with Crippen LogP contribution in [-0.4, -0.2) is 39.4 Å². The summed E-state index contributed by atoms with van der Waals surface area (Å²) >= 11 is 0. The fourth-order valence-electron chi connectivity index (χ4n) is 3.67. The van der Waals surface area contributed by atoms with Gasteiger partial charge in [-0.15, -0.1) is 0 Å². The molecule has 1 aromatic heterocycles. The molecule has 0 saturated carbocycles. The molecular formula is C20H22N4O2. The number of rotatable bonds is 5. The fraction of sp³-hybridized carbons (Fsp3) is 0.350. The Kier molecular flexibility index (Phi) is 4.67. The Morgan fingerprint density at radius 1 is 1.12 bits per heavy atom. The lowest BCUT2D eigenvalue weighted by atomic mass is 9.96. The van der Waals surface area contributed by atoms with Gasteiger partial charge < -0.3 is 9.88 Å². The quantitative estimate of drug-likeness (QED) is 0.559. The van der Waals surface area contributed by atoms with Gasteiger partial charge in [0.15, 0.2) is 0 Å². The van der Waals surface area contributed by atoms with Crippen LogP contribution in [-0.2, 0) is 6.42 Å². The third-order valence-corrected chi connectivity index (χ3v) is 5.25. The molecule has 0 aliphatic carbocycles. The SMILES string of the molecule is O=[N+]([O-])c1ccc(CCN2CCC(c3nc4ccccc4[nH]3)CC2)cc1. The first kappa shape index (κ1) is 16.7. The number of aromatic nitrogens is 2. The second-order valence-corrected chi connectivity index (χ2v) is 6.93. The summed E-state index contributed by atoms with van der Waals surface area (Å²) in [6.45, 7) is 3.12. The third kappa shape index (κ3) is 3.60. The van der Waals surface area contributed by atoms with Gasteiger partial charge >= 0.3 is 0 Å². The molecule has 26 heavy (non-hydrogen) atoms. The minimum Gasteiger partial charge on any atom is -0.342 e. The number of nitro benzene ring substituents is 1. The Morgan fingerprint density at radius 3 is 2.54 bits per heavy atom. The standard InChI is InChI=1S/C20H22N4O2/c25-24(26)17-7-5-15(6-8-17)9-12-23-13-10-16(11-14-23)20-21-18-3-1-2-4-19(18)22-20/h1-8,16H,9-14H2,(H,21,22). The first-order chi connectivity index (χ1) is 12.7. The molecule has 1 N–H and O–H groups in total. The smallest absolute Gasteiger partial charge is 0.269 e. The van der Waals surface area contributed by atoms with Crippen LogP contribution < -0.4 is 0 Å². The zero-order valence-corrected chi connectivity index (χ0v) is 14.6. The van der Waals surface area contributed by atoms with Gasteiger partial charge in [-0.05, 0) is 50.0 Å². The molecule has 2 heterocycles. The minimum atomic E-state index is -0.355. The summed E-state index contributed by atoms with van der Waals surface area (Å²) in [6.07, 6.45) is 3.15. The van der Waals surface area contributed by atoms with Crippen molar-refractivity contribution in [2.45, 2.75) is 25.2 Å². The van der Waals surface area contributed by atoms with Crippen LogP contribution in [0.2, 0.25) is 0 Å². The highest BCUT2D eigenvalue weighted by molar-refractivity contribution is 5.74. The molecule has 1 fully saturated rings. The molecule has 0 unspecified atom stereocenters. The Hall–Kier alpha value is -2.73. The second-order valence-electron chi connectivity index (χ2n) is 6.93. The van der Waals surface area contributed by atoms with E-state index in [0.29, 0.717) is 5.92 Å². The summed E-state index contributed by atoms with van der Waals surface area (Å²) in [4.78, 5) is 21.0. The lowest BCUT2D eigenvalue weighted by molar-refractivity contribution is -0.384. The maximum absolute atomic E-state index is 10.7. The number of para-hydroxylation sites is 2. The molecule has 3 aromatic rings. The molecule has 6 heteroatoms. The molecular weight excluding hydrogens is 328 g/mol. The predicted molar refractivity (Wildman–Crippen MR) is 101 cm³/mol. The number of non-ortho nitro benzene ring substituents is 1. The predicted octanol–water partition coefficient (Wildman–Crippen LogP) is 3.89. The van der Waals surface area contributed by atoms with E-state index < -0.39 is 0 Å². The van der Waals surface area contributed by atoms with Gasteiger partial charge in [0.25, 0.3) is 5.69 Å². The summed E-state index contributed by atoms with van der Waals surface area (Å²) < 4.78 is 0. The van der Waals surface area contributed by atoms with Crippen molar-refractivity contribution in [3.8, 4) is 0 Å². The molecule has 4 rings (SSSR count). The van der Waals surface area contributed by atoms with Crippen LogP contribution in [0.25, 0.3) is 11.0 Å². The highest BCUT2D eigenvalue weighted by atomic mass is 16.6. The number of fused-ring (bicyclic) bond motifs is 1. The molecule has 134 valence electrons. The summed E-state index contributed by atoms with van der Waals surface area (Å²) in [5.74, 6) is 1.61. The lowest BCUT2D eigenvalue weighted by Gasteiger charge is -2.31. The van der Waals surface area contributed by atoms with Gasteiger partial charge in [-0.1, -0.05) is 24.3 Å². The van der Waals surface area contributed by atoms with Crippen LogP contribution in [0.5, 0.6) is 0 Å². The van der Waals surface area contributed by atoms with Crippen LogP contribution in [0, 0.1) is 10.1 Å². The monoisotopic (exact) mass is 350 g/mol. The summed E-state index contributed by atoms with van der Waals surface area (Å²) in [5, 5.41) is 10.7. The Morgan fingerprint density at radius 2 is 1.85 bits per heavy atom. The number of nitrogens with zero attached hydrogens (tertiary/aromatic N) is 3. The van der Waals surface area contributed by atoms with Gasteiger partial charge in [0, 0.05) is 24.6 Å². The van der Waals surface area contributed by atoms with Gasteiger partial charge in [-0.2, -0.15) is 0 Å². The normalized spacial score (nSPS) is 16.2. The molecule has 0 bridgehead atoms. The van der Waals surface area contributed by atoms with Crippen molar-refractivity contribution in [3.05, 3.63) is 70.0 Å². The largest absolute Gasteiger partial charge is 0.342 e. The van der Waals surface area contributed by atoms with Crippen molar-refractivity contribution in [3.63, 3.8) is 0 Å². The van der Waals surface area contributed by atoms with Crippen LogP contribution in [0.4, 0.5) is 5.69 Å². The Balaban J connectivity index is 1.30. The first-order valence-electron chi connectivity index (χ1n) is 9.09. The van der Waals surface area contributed by atoms with Gasteiger partial charge in [-0.3, -0.25) is 10.1 Å². The molecule has 1 aliphatic heterocycles. The minimum absolute atomic E-state index is 0.153. The van der Waals surface area contributed by atoms with E-state index >= 15 is 0 Å². The second kappa shape index (κ2) is 7.25. The molecule has 2 aromatic carbocycles. The van der Waals surface area contributed by atoms with Crippen molar-refractivity contribution in [2.24, 2.45) is 0 Å².